The van der Waals surface area contributed by atoms with Crippen LogP contribution in [0.5, 0.6) is 0 Å². The fourth-order valence-electron chi connectivity index (χ4n) is 3.32. The molecular weight excluding hydrogens is 437 g/mol. The third-order valence-corrected chi connectivity index (χ3v) is 5.00. The zero-order chi connectivity index (χ0) is 22.6. The van der Waals surface area contributed by atoms with Crippen LogP contribution in [0, 0.1) is 0 Å². The van der Waals surface area contributed by atoms with Gasteiger partial charge in [-0.2, -0.15) is 18.4 Å². The molecule has 164 valence electrons. The molecule has 12 heteroatoms. The van der Waals surface area contributed by atoms with Gasteiger partial charge in [-0.1, -0.05) is 30.7 Å². The Morgan fingerprint density at radius 2 is 2.10 bits per heavy atom. The Morgan fingerprint density at radius 1 is 1.35 bits per heavy atom. The van der Waals surface area contributed by atoms with Gasteiger partial charge in [0.15, 0.2) is 0 Å². The molecule has 1 aliphatic heterocycles. The molecular formula is C19H18ClF3N6O2. The van der Waals surface area contributed by atoms with Crippen LogP contribution in [0.3, 0.4) is 0 Å². The average molecular weight is 455 g/mol. The monoisotopic (exact) mass is 454 g/mol. The highest BCUT2D eigenvalue weighted by Crippen LogP contribution is 2.33. The van der Waals surface area contributed by atoms with Gasteiger partial charge >= 0.3 is 12.1 Å². The van der Waals surface area contributed by atoms with Crippen LogP contribution in [0.2, 0.25) is 5.02 Å². The molecule has 2 N–H and O–H groups in total. The van der Waals surface area contributed by atoms with Crippen LogP contribution in [-0.4, -0.2) is 54.3 Å². The molecule has 0 spiro atoms. The van der Waals surface area contributed by atoms with E-state index in [0.29, 0.717) is 11.7 Å². The number of nitrogens with one attached hydrogen (secondary N) is 1. The fraction of sp³-hybridized carbons (Fsp3) is 0.316. The number of nitrogens with zero attached hydrogens (tertiary/aromatic N) is 5. The molecule has 0 amide bonds. The Kier molecular flexibility index (Phi) is 6.86. The minimum Gasteiger partial charge on any atom is -0.475 e. The number of benzene rings is 1. The highest BCUT2D eigenvalue weighted by Gasteiger charge is 2.38. The van der Waals surface area contributed by atoms with Crippen LogP contribution in [0.15, 0.2) is 36.5 Å². The van der Waals surface area contributed by atoms with Gasteiger partial charge in [-0.15, -0.1) is 10.2 Å². The molecule has 31 heavy (non-hydrogen) atoms. The first-order chi connectivity index (χ1) is 14.6. The molecule has 0 saturated carbocycles. The molecule has 0 saturated heterocycles. The van der Waals surface area contributed by atoms with Gasteiger partial charge < -0.3 is 5.11 Å². The van der Waals surface area contributed by atoms with Crippen molar-refractivity contribution in [2.45, 2.75) is 32.1 Å². The van der Waals surface area contributed by atoms with Crippen LogP contribution in [0.4, 0.5) is 13.2 Å². The Bertz CT molecular complexity index is 1050. The van der Waals surface area contributed by atoms with Crippen LogP contribution in [0.25, 0.3) is 11.5 Å². The smallest absolute Gasteiger partial charge is 0.475 e. The molecule has 1 atom stereocenters. The average Bonchev–Trinajstić information content (AvgIpc) is 3.24. The number of hydrogen-bond donors (Lipinski definition) is 2. The van der Waals surface area contributed by atoms with Crippen molar-refractivity contribution in [1.29, 1.82) is 0 Å². The van der Waals surface area contributed by atoms with Crippen molar-refractivity contribution in [2.24, 2.45) is 0 Å². The summed E-state index contributed by atoms with van der Waals surface area (Å²) in [5, 5.41) is 22.0. The number of pyridine rings is 1. The third kappa shape index (κ3) is 5.76. The molecule has 0 fully saturated rings. The number of carboxylic acid groups (broad SMARTS) is 1. The van der Waals surface area contributed by atoms with Crippen LogP contribution in [-0.2, 0) is 17.9 Å². The minimum atomic E-state index is -5.08. The van der Waals surface area contributed by atoms with Gasteiger partial charge in [0.1, 0.15) is 5.69 Å². The summed E-state index contributed by atoms with van der Waals surface area (Å²) >= 11 is 6.40. The van der Waals surface area contributed by atoms with Gasteiger partial charge in [-0.05, 0) is 46.0 Å². The van der Waals surface area contributed by atoms with E-state index in [4.69, 9.17) is 21.5 Å². The number of carbonyl (C=O) groups is 1. The Labute approximate surface area is 180 Å². The van der Waals surface area contributed by atoms with Crippen molar-refractivity contribution in [2.75, 3.05) is 6.54 Å². The second-order valence-corrected chi connectivity index (χ2v) is 7.37. The first-order valence-corrected chi connectivity index (χ1v) is 9.51. The predicted molar refractivity (Wildman–Crippen MR) is 105 cm³/mol. The first kappa shape index (κ1) is 22.6. The molecule has 3 heterocycles. The highest BCUT2D eigenvalue weighted by atomic mass is 35.5. The number of aliphatic carboxylic acids is 1. The summed E-state index contributed by atoms with van der Waals surface area (Å²) in [6, 6.07) is 10.2. The predicted octanol–water partition coefficient (Wildman–Crippen LogP) is 3.67. The summed E-state index contributed by atoms with van der Waals surface area (Å²) < 4.78 is 31.7. The van der Waals surface area contributed by atoms with E-state index in [1.54, 1.807) is 6.20 Å². The number of halogens is 4. The molecule has 1 aliphatic rings. The molecule has 4 rings (SSSR count). The van der Waals surface area contributed by atoms with Gasteiger partial charge in [0.05, 0.1) is 0 Å². The van der Waals surface area contributed by atoms with Gasteiger partial charge in [0, 0.05) is 30.9 Å². The normalized spacial score (nSPS) is 16.2. The van der Waals surface area contributed by atoms with Crippen molar-refractivity contribution in [3.05, 3.63) is 58.2 Å². The number of rotatable bonds is 3. The molecule has 0 aliphatic carbocycles. The molecule has 1 unspecified atom stereocenters. The van der Waals surface area contributed by atoms with Crippen LogP contribution >= 0.6 is 11.6 Å². The molecule has 2 aromatic heterocycles. The number of alkyl halides is 3. The quantitative estimate of drug-likeness (QED) is 0.621. The summed E-state index contributed by atoms with van der Waals surface area (Å²) in [5.41, 5.74) is 4.50. The second kappa shape index (κ2) is 9.40. The zero-order valence-corrected chi connectivity index (χ0v) is 17.0. The van der Waals surface area contributed by atoms with Crippen LogP contribution < -0.4 is 0 Å². The summed E-state index contributed by atoms with van der Waals surface area (Å²) in [5.74, 6) is -1.78. The highest BCUT2D eigenvalue weighted by molar-refractivity contribution is 6.31. The van der Waals surface area contributed by atoms with Crippen molar-refractivity contribution < 1.29 is 23.1 Å². The van der Waals surface area contributed by atoms with E-state index in [-0.39, 0.29) is 0 Å². The van der Waals surface area contributed by atoms with Crippen molar-refractivity contribution in [3.63, 3.8) is 0 Å². The number of hydrogen-bond acceptors (Lipinski definition) is 6. The molecule has 0 bridgehead atoms. The van der Waals surface area contributed by atoms with Crippen molar-refractivity contribution in [3.8, 4) is 11.5 Å². The summed E-state index contributed by atoms with van der Waals surface area (Å²) in [4.78, 5) is 15.6. The van der Waals surface area contributed by atoms with Crippen molar-refractivity contribution in [1.82, 2.24) is 30.5 Å². The maximum absolute atomic E-state index is 10.6. The Balaban J connectivity index is 0.000000339. The lowest BCUT2D eigenvalue weighted by molar-refractivity contribution is -0.192. The maximum Gasteiger partial charge on any atom is 0.490 e. The Hall–Kier alpha value is -3.05. The number of aromatic amines is 1. The number of H-pyrrole nitrogens is 1. The van der Waals surface area contributed by atoms with E-state index in [2.05, 4.69) is 43.5 Å². The van der Waals surface area contributed by atoms with E-state index in [1.807, 2.05) is 24.3 Å². The molecule has 0 radical (unpaired) electrons. The minimum absolute atomic E-state index is 0.464. The number of aromatic nitrogens is 5. The van der Waals surface area contributed by atoms with Gasteiger partial charge in [0.25, 0.3) is 0 Å². The summed E-state index contributed by atoms with van der Waals surface area (Å²) in [6.07, 6.45) is -3.30. The van der Waals surface area contributed by atoms with E-state index in [9.17, 15) is 13.2 Å². The summed E-state index contributed by atoms with van der Waals surface area (Å²) in [6.45, 7) is 4.95. The SMILES string of the molecule is CC1CN(Cc2ccnc(-c3nn[nH]n3)c2)Cc2c(Cl)cccc21.O=C(O)C(F)(F)F. The lowest BCUT2D eigenvalue weighted by Gasteiger charge is -2.33. The zero-order valence-electron chi connectivity index (χ0n) is 16.3. The number of tetrazole rings is 1. The van der Waals surface area contributed by atoms with Gasteiger partial charge in [-0.25, -0.2) is 4.79 Å². The largest absolute Gasteiger partial charge is 0.490 e. The van der Waals surface area contributed by atoms with Gasteiger partial charge in [-0.3, -0.25) is 9.88 Å². The maximum atomic E-state index is 10.6. The number of carboxylic acids is 1. The van der Waals surface area contributed by atoms with E-state index >= 15 is 0 Å². The number of fused-ring (bicyclic) bond motifs is 1. The van der Waals surface area contributed by atoms with Crippen molar-refractivity contribution >= 4 is 17.6 Å². The molecule has 8 nitrogen and oxygen atoms in total. The third-order valence-electron chi connectivity index (χ3n) is 4.65. The van der Waals surface area contributed by atoms with E-state index < -0.39 is 12.1 Å². The standard InChI is InChI=1S/C17H17ClN6.C2HF3O2/c1-11-8-24(10-14-13(11)3-2-4-15(14)18)9-12-5-6-19-16(7-12)17-20-22-23-21-17;3-2(4,5)1(6)7/h2-7,11H,8-10H2,1H3,(H,20,21,22,23);(H,6,7). The van der Waals surface area contributed by atoms with Gasteiger partial charge in [0.2, 0.25) is 5.82 Å². The lowest BCUT2D eigenvalue weighted by atomic mass is 9.91. The van der Waals surface area contributed by atoms with E-state index in [1.165, 1.54) is 16.7 Å². The topological polar surface area (TPSA) is 108 Å². The first-order valence-electron chi connectivity index (χ1n) is 9.13. The van der Waals surface area contributed by atoms with Crippen LogP contribution in [0.1, 0.15) is 29.5 Å². The lowest BCUT2D eigenvalue weighted by Crippen LogP contribution is -2.32. The second-order valence-electron chi connectivity index (χ2n) is 6.97. The molecule has 3 aromatic rings. The summed E-state index contributed by atoms with van der Waals surface area (Å²) in [7, 11) is 0. The molecule has 1 aromatic carbocycles. The fourth-order valence-corrected chi connectivity index (χ4v) is 3.56. The van der Waals surface area contributed by atoms with E-state index in [0.717, 1.165) is 30.4 Å². The Morgan fingerprint density at radius 3 is 2.74 bits per heavy atom.